The van der Waals surface area contributed by atoms with Gasteiger partial charge in [-0.3, -0.25) is 9.97 Å². The SMILES string of the molecule is Clc1ccc2c(Oc3cncc(Br)c3)ccnc2c1. The topological polar surface area (TPSA) is 35.0 Å². The van der Waals surface area contributed by atoms with Gasteiger partial charge in [-0.2, -0.15) is 0 Å². The van der Waals surface area contributed by atoms with Crippen LogP contribution in [0.5, 0.6) is 11.5 Å². The lowest BCUT2D eigenvalue weighted by Crippen LogP contribution is -1.88. The third-order valence-electron chi connectivity index (χ3n) is 2.57. The van der Waals surface area contributed by atoms with E-state index in [1.54, 1.807) is 18.6 Å². The van der Waals surface area contributed by atoms with Crippen LogP contribution < -0.4 is 4.74 Å². The summed E-state index contributed by atoms with van der Waals surface area (Å²) in [6.07, 6.45) is 5.06. The van der Waals surface area contributed by atoms with Gasteiger partial charge in [0.1, 0.15) is 11.5 Å². The quantitative estimate of drug-likeness (QED) is 0.672. The third-order valence-corrected chi connectivity index (χ3v) is 3.24. The van der Waals surface area contributed by atoms with Crippen LogP contribution in [0.3, 0.4) is 0 Å². The van der Waals surface area contributed by atoms with E-state index < -0.39 is 0 Å². The maximum absolute atomic E-state index is 5.95. The van der Waals surface area contributed by atoms with Crippen molar-refractivity contribution in [2.24, 2.45) is 0 Å². The summed E-state index contributed by atoms with van der Waals surface area (Å²) in [6, 6.07) is 9.19. The molecule has 0 aliphatic carbocycles. The van der Waals surface area contributed by atoms with Gasteiger partial charge in [-0.15, -0.1) is 0 Å². The van der Waals surface area contributed by atoms with E-state index in [9.17, 15) is 0 Å². The van der Waals surface area contributed by atoms with Crippen molar-refractivity contribution in [2.75, 3.05) is 0 Å². The van der Waals surface area contributed by atoms with Gasteiger partial charge in [0.15, 0.2) is 0 Å². The van der Waals surface area contributed by atoms with Gasteiger partial charge < -0.3 is 4.74 Å². The minimum absolute atomic E-state index is 0.654. The molecule has 2 aromatic heterocycles. The number of benzene rings is 1. The van der Waals surface area contributed by atoms with Crippen molar-refractivity contribution in [3.8, 4) is 11.5 Å². The fraction of sp³-hybridized carbons (Fsp3) is 0. The summed E-state index contributed by atoms with van der Waals surface area (Å²) in [5, 5.41) is 1.56. The number of pyridine rings is 2. The normalized spacial score (nSPS) is 10.6. The highest BCUT2D eigenvalue weighted by Crippen LogP contribution is 2.30. The number of aromatic nitrogens is 2. The summed E-state index contributed by atoms with van der Waals surface area (Å²) in [4.78, 5) is 8.34. The first kappa shape index (κ1) is 12.4. The third kappa shape index (κ3) is 2.69. The van der Waals surface area contributed by atoms with Crippen molar-refractivity contribution in [3.63, 3.8) is 0 Å². The Hall–Kier alpha value is -1.65. The Labute approximate surface area is 123 Å². The van der Waals surface area contributed by atoms with Crippen LogP contribution in [0.1, 0.15) is 0 Å². The lowest BCUT2D eigenvalue weighted by Gasteiger charge is -2.08. The van der Waals surface area contributed by atoms with Gasteiger partial charge in [-0.05, 0) is 46.3 Å². The fourth-order valence-corrected chi connectivity index (χ4v) is 2.27. The molecule has 0 aliphatic rings. The first-order chi connectivity index (χ1) is 9.22. The number of hydrogen-bond donors (Lipinski definition) is 0. The zero-order valence-corrected chi connectivity index (χ0v) is 12.0. The van der Waals surface area contributed by atoms with E-state index in [1.807, 2.05) is 30.3 Å². The van der Waals surface area contributed by atoms with Crippen molar-refractivity contribution in [1.82, 2.24) is 9.97 Å². The smallest absolute Gasteiger partial charge is 0.146 e. The number of hydrogen-bond acceptors (Lipinski definition) is 3. The summed E-state index contributed by atoms with van der Waals surface area (Å²) >= 11 is 9.32. The fourth-order valence-electron chi connectivity index (χ4n) is 1.76. The first-order valence-electron chi connectivity index (χ1n) is 5.55. The van der Waals surface area contributed by atoms with Crippen LogP contribution in [-0.2, 0) is 0 Å². The van der Waals surface area contributed by atoms with Gasteiger partial charge in [-0.1, -0.05) is 11.6 Å². The van der Waals surface area contributed by atoms with Crippen LogP contribution in [0.2, 0.25) is 5.02 Å². The molecule has 2 heterocycles. The van der Waals surface area contributed by atoms with E-state index in [0.717, 1.165) is 21.1 Å². The van der Waals surface area contributed by atoms with Crippen molar-refractivity contribution < 1.29 is 4.74 Å². The van der Waals surface area contributed by atoms with E-state index in [4.69, 9.17) is 16.3 Å². The van der Waals surface area contributed by atoms with E-state index in [-0.39, 0.29) is 0 Å². The highest BCUT2D eigenvalue weighted by molar-refractivity contribution is 9.10. The molecular weight excluding hydrogens is 328 g/mol. The highest BCUT2D eigenvalue weighted by Gasteiger charge is 2.05. The zero-order chi connectivity index (χ0) is 13.2. The standard InChI is InChI=1S/C14H8BrClN2O/c15-9-5-11(8-17-7-9)19-14-3-4-18-13-6-10(16)1-2-12(13)14/h1-8H. The van der Waals surface area contributed by atoms with Crippen molar-refractivity contribution in [1.29, 1.82) is 0 Å². The lowest BCUT2D eigenvalue weighted by atomic mass is 10.2. The summed E-state index contributed by atoms with van der Waals surface area (Å²) in [6.45, 7) is 0. The molecule has 5 heteroatoms. The molecule has 0 aliphatic heterocycles. The molecule has 94 valence electrons. The molecule has 0 fully saturated rings. The minimum Gasteiger partial charge on any atom is -0.455 e. The van der Waals surface area contributed by atoms with Gasteiger partial charge in [0.25, 0.3) is 0 Å². The average Bonchev–Trinajstić information content (AvgIpc) is 2.38. The molecule has 0 unspecified atom stereocenters. The Morgan fingerprint density at radius 2 is 2.00 bits per heavy atom. The molecule has 0 saturated carbocycles. The molecule has 0 radical (unpaired) electrons. The summed E-state index contributed by atoms with van der Waals surface area (Å²) in [5.74, 6) is 1.39. The van der Waals surface area contributed by atoms with Crippen LogP contribution in [0, 0.1) is 0 Å². The second-order valence-electron chi connectivity index (χ2n) is 3.91. The Kier molecular flexibility index (Phi) is 3.36. The molecule has 0 spiro atoms. The number of nitrogens with zero attached hydrogens (tertiary/aromatic N) is 2. The van der Waals surface area contributed by atoms with Gasteiger partial charge in [-0.25, -0.2) is 0 Å². The average molecular weight is 336 g/mol. The molecule has 0 atom stereocenters. The molecule has 3 rings (SSSR count). The molecular formula is C14H8BrClN2O. The van der Waals surface area contributed by atoms with Gasteiger partial charge in [0.2, 0.25) is 0 Å². The maximum Gasteiger partial charge on any atom is 0.146 e. The first-order valence-corrected chi connectivity index (χ1v) is 6.72. The van der Waals surface area contributed by atoms with Crippen molar-refractivity contribution >= 4 is 38.4 Å². The number of fused-ring (bicyclic) bond motifs is 1. The molecule has 3 nitrogen and oxygen atoms in total. The Morgan fingerprint density at radius 1 is 1.11 bits per heavy atom. The zero-order valence-electron chi connectivity index (χ0n) is 9.68. The summed E-state index contributed by atoms with van der Waals surface area (Å²) in [5.41, 5.74) is 0.799. The van der Waals surface area contributed by atoms with Crippen LogP contribution in [0.4, 0.5) is 0 Å². The largest absolute Gasteiger partial charge is 0.455 e. The lowest BCUT2D eigenvalue weighted by molar-refractivity contribution is 0.485. The molecule has 3 aromatic rings. The Balaban J connectivity index is 2.06. The second kappa shape index (κ2) is 5.15. The van der Waals surface area contributed by atoms with E-state index in [1.165, 1.54) is 0 Å². The minimum atomic E-state index is 0.654. The maximum atomic E-state index is 5.95. The van der Waals surface area contributed by atoms with E-state index in [2.05, 4.69) is 25.9 Å². The highest BCUT2D eigenvalue weighted by atomic mass is 79.9. The second-order valence-corrected chi connectivity index (χ2v) is 5.26. The predicted molar refractivity (Wildman–Crippen MR) is 78.8 cm³/mol. The summed E-state index contributed by atoms with van der Waals surface area (Å²) < 4.78 is 6.70. The Morgan fingerprint density at radius 3 is 2.84 bits per heavy atom. The van der Waals surface area contributed by atoms with E-state index in [0.29, 0.717) is 10.8 Å². The van der Waals surface area contributed by atoms with Crippen LogP contribution in [0.15, 0.2) is 53.4 Å². The monoisotopic (exact) mass is 334 g/mol. The van der Waals surface area contributed by atoms with Gasteiger partial charge in [0.05, 0.1) is 11.7 Å². The molecule has 0 amide bonds. The molecule has 1 aromatic carbocycles. The van der Waals surface area contributed by atoms with Crippen molar-refractivity contribution in [3.05, 3.63) is 58.4 Å². The van der Waals surface area contributed by atoms with Gasteiger partial charge in [0, 0.05) is 27.3 Å². The number of rotatable bonds is 2. The van der Waals surface area contributed by atoms with Crippen LogP contribution in [0.25, 0.3) is 10.9 Å². The molecule has 0 N–H and O–H groups in total. The number of ether oxygens (including phenoxy) is 1. The van der Waals surface area contributed by atoms with Crippen LogP contribution in [-0.4, -0.2) is 9.97 Å². The predicted octanol–water partition coefficient (Wildman–Crippen LogP) is 4.84. The molecule has 0 bridgehead atoms. The summed E-state index contributed by atoms with van der Waals surface area (Å²) in [7, 11) is 0. The molecule has 0 saturated heterocycles. The van der Waals surface area contributed by atoms with Crippen LogP contribution >= 0.6 is 27.5 Å². The van der Waals surface area contributed by atoms with Crippen molar-refractivity contribution in [2.45, 2.75) is 0 Å². The van der Waals surface area contributed by atoms with E-state index >= 15 is 0 Å². The number of halogens is 2. The Bertz CT molecular complexity index is 748. The molecule has 19 heavy (non-hydrogen) atoms. The van der Waals surface area contributed by atoms with Gasteiger partial charge >= 0.3 is 0 Å².